The predicted octanol–water partition coefficient (Wildman–Crippen LogP) is 3.62. The van der Waals surface area contributed by atoms with Crippen LogP contribution in [0.1, 0.15) is 28.4 Å². The molecule has 3 fully saturated rings. The lowest BCUT2D eigenvalue weighted by molar-refractivity contribution is -0.0620. The van der Waals surface area contributed by atoms with Crippen molar-refractivity contribution in [3.05, 3.63) is 105 Å². The van der Waals surface area contributed by atoms with Crippen LogP contribution in [0.3, 0.4) is 0 Å². The number of aromatic amines is 1. The largest absolute Gasteiger partial charge is 0.496 e. The maximum absolute atomic E-state index is 16.5. The number of nitrogen functional groups attached to an aromatic ring is 1. The summed E-state index contributed by atoms with van der Waals surface area (Å²) in [6.07, 6.45) is -11.9. The maximum Gasteiger partial charge on any atom is 0.472 e. The number of nitrogens with zero attached hydrogens (tertiary/aromatic N) is 5. The van der Waals surface area contributed by atoms with Gasteiger partial charge >= 0.3 is 26.3 Å². The van der Waals surface area contributed by atoms with Crippen LogP contribution in [0.25, 0.3) is 11.2 Å². The number of halogens is 2. The lowest BCUT2D eigenvalue weighted by Crippen LogP contribution is -2.36. The highest BCUT2D eigenvalue weighted by atomic mass is 32.7. The molecule has 3 aliphatic heterocycles. The van der Waals surface area contributed by atoms with Gasteiger partial charge in [0.25, 0.3) is 5.56 Å². The minimum Gasteiger partial charge on any atom is -0.496 e. The molecular formula is C34H33F2N7O14P2S. The Morgan fingerprint density at radius 3 is 2.47 bits per heavy atom. The van der Waals surface area contributed by atoms with E-state index in [1.165, 1.54) is 36.2 Å². The number of methoxy groups -OCH3 is 1. The highest BCUT2D eigenvalue weighted by Gasteiger charge is 2.55. The first kappa shape index (κ1) is 41.8. The number of nitrogens with two attached hydrogens (primary N) is 1. The average Bonchev–Trinajstić information content (AvgIpc) is 3.89. The van der Waals surface area contributed by atoms with Gasteiger partial charge in [-0.1, -0.05) is 24.3 Å². The van der Waals surface area contributed by atoms with Crippen LogP contribution < -0.4 is 26.5 Å². The molecule has 2 bridgehead atoms. The normalized spacial score (nSPS) is 30.8. The smallest absolute Gasteiger partial charge is 0.472 e. The number of hydrogen-bond acceptors (Lipinski definition) is 18. The number of alkyl halides is 2. The van der Waals surface area contributed by atoms with Crippen LogP contribution in [0, 0.1) is 0 Å². The number of anilines is 1. The minimum atomic E-state index is -5.28. The summed E-state index contributed by atoms with van der Waals surface area (Å²) >= 11 is 0.585. The number of H-pyrrole nitrogens is 1. The van der Waals surface area contributed by atoms with Gasteiger partial charge in [-0.2, -0.15) is 0 Å². The molecule has 0 spiro atoms. The number of imidazole rings is 1. The molecule has 26 heteroatoms. The van der Waals surface area contributed by atoms with Crippen LogP contribution in [0.2, 0.25) is 0 Å². The highest BCUT2D eigenvalue weighted by molar-refractivity contribution is 8.54. The molecule has 3 saturated heterocycles. The Morgan fingerprint density at radius 2 is 1.70 bits per heavy atom. The van der Waals surface area contributed by atoms with Crippen molar-refractivity contribution in [1.29, 1.82) is 0 Å². The standard InChI is InChI=1S/C34H33F2N7O14P2S/c1-50-20-5-3-2-4-19(20)33(45)53-18-8-6-17(7-9-18)14-60-59(49)52-13-22-27(25(36)31(55-22)42-11-10-23(44)41-34(42)46)56-58(47,48)51-12-21-24(35)28(57-59)32(54-21)43-16-40-26-29(37)38-15-39-30(26)43/h2-11,15-16,21-22,24-25,27-28,31-32H,12-14H2,1H3,(H,47,48)(H2,37,38,39)(H,41,44,46)/t21-,22-,24-,25-,27-,28-,31-,32-,59?/m1/s1. The van der Waals surface area contributed by atoms with E-state index in [0.29, 0.717) is 27.3 Å². The lowest BCUT2D eigenvalue weighted by Gasteiger charge is -2.27. The molecule has 21 nitrogen and oxygen atoms in total. The van der Waals surface area contributed by atoms with Crippen molar-refractivity contribution in [3.63, 3.8) is 0 Å². The molecule has 2 unspecified atom stereocenters. The molecule has 0 saturated carbocycles. The summed E-state index contributed by atoms with van der Waals surface area (Å²) in [6.45, 7) is -6.51. The Bertz CT molecular complexity index is 2620. The van der Waals surface area contributed by atoms with Gasteiger partial charge in [0.1, 0.15) is 53.3 Å². The number of benzene rings is 2. The molecule has 3 aliphatic rings. The topological polar surface area (TPSA) is 270 Å². The zero-order valence-electron chi connectivity index (χ0n) is 30.8. The summed E-state index contributed by atoms with van der Waals surface area (Å²) in [7, 11) is -3.86. The first-order valence-corrected chi connectivity index (χ1v) is 22.4. The maximum atomic E-state index is 16.5. The second kappa shape index (κ2) is 16.9. The number of nitrogens with one attached hydrogen (secondary N) is 1. The fraction of sp³-hybridized carbons (Fsp3) is 0.353. The molecule has 5 aromatic rings. The highest BCUT2D eigenvalue weighted by Crippen LogP contribution is 2.65. The zero-order chi connectivity index (χ0) is 42.3. The number of carbonyl (C=O) groups excluding carboxylic acids is 1. The molecule has 2 aromatic carbocycles. The van der Waals surface area contributed by atoms with Crippen LogP contribution in [-0.4, -0.2) is 97.0 Å². The van der Waals surface area contributed by atoms with Crippen molar-refractivity contribution in [3.8, 4) is 11.5 Å². The molecule has 4 N–H and O–H groups in total. The quantitative estimate of drug-likeness (QED) is 0.114. The Hall–Kier alpha value is -4.87. The van der Waals surface area contributed by atoms with E-state index in [4.69, 9.17) is 42.8 Å². The fourth-order valence-electron chi connectivity index (χ4n) is 6.57. The van der Waals surface area contributed by atoms with Gasteiger partial charge in [0.15, 0.2) is 36.3 Å². The van der Waals surface area contributed by atoms with Gasteiger partial charge < -0.3 is 29.6 Å². The number of phosphoric ester groups is 1. The Morgan fingerprint density at radius 1 is 0.950 bits per heavy atom. The van der Waals surface area contributed by atoms with Crippen LogP contribution in [0.15, 0.2) is 83.0 Å². The van der Waals surface area contributed by atoms with Gasteiger partial charge in [0, 0.05) is 18.0 Å². The average molecular weight is 896 g/mol. The van der Waals surface area contributed by atoms with E-state index >= 15 is 8.78 Å². The van der Waals surface area contributed by atoms with Gasteiger partial charge in [-0.15, -0.1) is 0 Å². The SMILES string of the molecule is COc1ccccc1C(=O)Oc1ccc(CSP2(=O)OC[C@H]3O[C@@H](n4ccc(=O)[nH]c4=O)[C@H](F)[C@@H]3OP(=O)(O)OC[C@H]3O[C@@H](n4cnc5c(N)ncnc54)[C@H](O2)[C@@H]3F)cc1. The summed E-state index contributed by atoms with van der Waals surface area (Å²) in [5, 5.41) is 0. The Kier molecular flexibility index (Phi) is 11.8. The molecule has 0 aliphatic carbocycles. The van der Waals surface area contributed by atoms with Gasteiger partial charge in [0.2, 0.25) is 0 Å². The summed E-state index contributed by atoms with van der Waals surface area (Å²) < 4.78 is 107. The van der Waals surface area contributed by atoms with Crippen molar-refractivity contribution in [2.24, 2.45) is 0 Å². The Balaban J connectivity index is 1.10. The van der Waals surface area contributed by atoms with Crippen molar-refractivity contribution >= 4 is 49.0 Å². The van der Waals surface area contributed by atoms with E-state index < -0.39 is 94.3 Å². The zero-order valence-corrected chi connectivity index (χ0v) is 33.4. The Labute approximate surface area is 339 Å². The molecule has 3 aromatic heterocycles. The number of rotatable bonds is 8. The van der Waals surface area contributed by atoms with E-state index in [9.17, 15) is 28.4 Å². The second-order valence-corrected chi connectivity index (χ2v) is 18.7. The summed E-state index contributed by atoms with van der Waals surface area (Å²) in [5.41, 5.74) is 4.97. The fourth-order valence-corrected chi connectivity index (χ4v) is 10.9. The van der Waals surface area contributed by atoms with Gasteiger partial charge in [0.05, 0.1) is 26.7 Å². The van der Waals surface area contributed by atoms with Crippen molar-refractivity contribution in [2.45, 2.75) is 55.0 Å². The first-order chi connectivity index (χ1) is 28.7. The van der Waals surface area contributed by atoms with Gasteiger partial charge in [-0.3, -0.25) is 37.0 Å². The molecule has 0 amide bonds. The number of ether oxygens (including phenoxy) is 4. The number of hydrogen-bond donors (Lipinski definition) is 3. The van der Waals surface area contributed by atoms with E-state index in [1.807, 2.05) is 4.98 Å². The van der Waals surface area contributed by atoms with Gasteiger partial charge in [-0.05, 0) is 41.2 Å². The second-order valence-electron chi connectivity index (χ2n) is 13.3. The van der Waals surface area contributed by atoms with Crippen LogP contribution in [0.5, 0.6) is 11.5 Å². The van der Waals surface area contributed by atoms with Crippen LogP contribution in [0.4, 0.5) is 14.6 Å². The van der Waals surface area contributed by atoms with E-state index in [0.717, 1.165) is 18.6 Å². The van der Waals surface area contributed by atoms with Crippen molar-refractivity contribution in [2.75, 3.05) is 26.1 Å². The third kappa shape index (κ3) is 8.53. The third-order valence-corrected chi connectivity index (χ3v) is 14.1. The molecule has 8 rings (SSSR count). The number of aromatic nitrogens is 6. The molecule has 0 radical (unpaired) electrons. The van der Waals surface area contributed by atoms with Crippen molar-refractivity contribution < 1.29 is 64.6 Å². The minimum absolute atomic E-state index is 0.0174. The van der Waals surface area contributed by atoms with Crippen molar-refractivity contribution in [1.82, 2.24) is 29.1 Å². The number of fused-ring (bicyclic) bond motifs is 4. The van der Waals surface area contributed by atoms with E-state index in [2.05, 4.69) is 15.0 Å². The third-order valence-electron chi connectivity index (χ3n) is 9.47. The molecule has 10 atom stereocenters. The monoisotopic (exact) mass is 895 g/mol. The van der Waals surface area contributed by atoms with Crippen LogP contribution in [-0.2, 0) is 42.5 Å². The van der Waals surface area contributed by atoms with Crippen LogP contribution >= 0.6 is 26.0 Å². The van der Waals surface area contributed by atoms with Gasteiger partial charge in [-0.25, -0.2) is 42.5 Å². The van der Waals surface area contributed by atoms with E-state index in [1.54, 1.807) is 30.3 Å². The lowest BCUT2D eigenvalue weighted by atomic mass is 10.1. The first-order valence-electron chi connectivity index (χ1n) is 17.7. The number of esters is 1. The number of carbonyl (C=O) groups is 1. The molecule has 6 heterocycles. The molecular weight excluding hydrogens is 862 g/mol. The van der Waals surface area contributed by atoms with E-state index in [-0.39, 0.29) is 34.0 Å². The number of para-hydroxylation sites is 1. The molecule has 318 valence electrons. The summed E-state index contributed by atoms with van der Waals surface area (Å²) in [4.78, 5) is 62.1. The molecule has 60 heavy (non-hydrogen) atoms. The number of phosphoric acid groups is 1. The predicted molar refractivity (Wildman–Crippen MR) is 203 cm³/mol. The summed E-state index contributed by atoms with van der Waals surface area (Å²) in [6, 6.07) is 13.5. The summed E-state index contributed by atoms with van der Waals surface area (Å²) in [5.74, 6) is -0.351.